The molecule has 1 aromatic heterocycles. The van der Waals surface area contributed by atoms with Crippen LogP contribution in [0.3, 0.4) is 0 Å². The van der Waals surface area contributed by atoms with Crippen LogP contribution in [0.25, 0.3) is 0 Å². The Morgan fingerprint density at radius 1 is 1.53 bits per heavy atom. The molecule has 1 aromatic rings. The van der Waals surface area contributed by atoms with Gasteiger partial charge in [-0.25, -0.2) is 9.97 Å². The van der Waals surface area contributed by atoms with Crippen molar-refractivity contribution in [3.05, 3.63) is 28.9 Å². The zero-order chi connectivity index (χ0) is 11.6. The molecule has 0 aromatic carbocycles. The van der Waals surface area contributed by atoms with E-state index < -0.39 is 5.91 Å². The minimum atomic E-state index is -0.519. The molecule has 0 fully saturated rings. The SMILES string of the molecule is C=C(N)NC(=O)c1nc(Cl)c(N)nc1C. The number of aromatic nitrogens is 2. The second kappa shape index (κ2) is 4.14. The Kier molecular flexibility index (Phi) is 3.11. The van der Waals surface area contributed by atoms with Gasteiger partial charge in [-0.2, -0.15) is 0 Å². The van der Waals surface area contributed by atoms with Crippen molar-refractivity contribution in [2.24, 2.45) is 5.73 Å². The normalized spacial score (nSPS) is 9.73. The first-order valence-corrected chi connectivity index (χ1v) is 4.35. The van der Waals surface area contributed by atoms with Crippen LogP contribution in [0.1, 0.15) is 16.2 Å². The Morgan fingerprint density at radius 3 is 2.67 bits per heavy atom. The Hall–Kier alpha value is -1.82. The monoisotopic (exact) mass is 227 g/mol. The third-order valence-corrected chi connectivity index (χ3v) is 1.82. The molecule has 5 N–H and O–H groups in total. The summed E-state index contributed by atoms with van der Waals surface area (Å²) in [6.07, 6.45) is 0. The first-order valence-electron chi connectivity index (χ1n) is 3.97. The predicted octanol–water partition coefficient (Wildman–Crippen LogP) is 0.180. The fraction of sp³-hybridized carbons (Fsp3) is 0.125. The Balaban J connectivity index is 3.09. The minimum absolute atomic E-state index is 0.0200. The lowest BCUT2D eigenvalue weighted by atomic mass is 10.3. The molecule has 6 nitrogen and oxygen atoms in total. The van der Waals surface area contributed by atoms with Gasteiger partial charge in [0.05, 0.1) is 11.5 Å². The molecule has 80 valence electrons. The van der Waals surface area contributed by atoms with Gasteiger partial charge in [0.1, 0.15) is 0 Å². The van der Waals surface area contributed by atoms with Gasteiger partial charge in [-0.05, 0) is 6.92 Å². The number of aryl methyl sites for hydroxylation is 1. The average Bonchev–Trinajstić information content (AvgIpc) is 2.09. The molecule has 15 heavy (non-hydrogen) atoms. The second-order valence-electron chi connectivity index (χ2n) is 2.81. The number of nitrogen functional groups attached to an aromatic ring is 1. The second-order valence-corrected chi connectivity index (χ2v) is 3.17. The van der Waals surface area contributed by atoms with E-state index in [1.807, 2.05) is 0 Å². The summed E-state index contributed by atoms with van der Waals surface area (Å²) in [5.74, 6) is -0.416. The molecule has 1 rings (SSSR count). The molecule has 0 aliphatic carbocycles. The summed E-state index contributed by atoms with van der Waals surface area (Å²) in [4.78, 5) is 19.1. The van der Waals surface area contributed by atoms with Gasteiger partial charge in [-0.1, -0.05) is 18.2 Å². The number of anilines is 1. The smallest absolute Gasteiger partial charge is 0.277 e. The summed E-state index contributed by atoms with van der Waals surface area (Å²) in [5.41, 5.74) is 11.1. The van der Waals surface area contributed by atoms with Gasteiger partial charge in [0.15, 0.2) is 16.7 Å². The maximum absolute atomic E-state index is 11.5. The first kappa shape index (κ1) is 11.3. The number of hydrogen-bond donors (Lipinski definition) is 3. The van der Waals surface area contributed by atoms with Crippen LogP contribution >= 0.6 is 11.6 Å². The van der Waals surface area contributed by atoms with Gasteiger partial charge in [0, 0.05) is 0 Å². The lowest BCUT2D eigenvalue weighted by molar-refractivity contribution is 0.0959. The Bertz CT molecular complexity index is 431. The molecule has 7 heteroatoms. The first-order chi connectivity index (χ1) is 6.91. The van der Waals surface area contributed by atoms with E-state index in [1.54, 1.807) is 6.92 Å². The van der Waals surface area contributed by atoms with Crippen molar-refractivity contribution in [1.29, 1.82) is 0 Å². The molecular weight excluding hydrogens is 218 g/mol. The van der Waals surface area contributed by atoms with Crippen LogP contribution in [0.15, 0.2) is 12.4 Å². The largest absolute Gasteiger partial charge is 0.386 e. The maximum Gasteiger partial charge on any atom is 0.277 e. The van der Waals surface area contributed by atoms with Crippen LogP contribution in [-0.4, -0.2) is 15.9 Å². The molecule has 0 unspecified atom stereocenters. The highest BCUT2D eigenvalue weighted by molar-refractivity contribution is 6.31. The Labute approximate surface area is 91.3 Å². The van der Waals surface area contributed by atoms with Crippen LogP contribution in [0.2, 0.25) is 5.15 Å². The molecule has 0 bridgehead atoms. The summed E-state index contributed by atoms with van der Waals surface area (Å²) in [7, 11) is 0. The van der Waals surface area contributed by atoms with E-state index in [9.17, 15) is 4.79 Å². The summed E-state index contributed by atoms with van der Waals surface area (Å²) in [6.45, 7) is 4.92. The highest BCUT2D eigenvalue weighted by Crippen LogP contribution is 2.15. The fourth-order valence-corrected chi connectivity index (χ4v) is 1.06. The van der Waals surface area contributed by atoms with Crippen molar-refractivity contribution < 1.29 is 4.79 Å². The van der Waals surface area contributed by atoms with Crippen LogP contribution in [-0.2, 0) is 0 Å². The summed E-state index contributed by atoms with van der Waals surface area (Å²) >= 11 is 5.63. The standard InChI is InChI=1S/C8H10ClN5O/c1-3-5(8(15)13-4(2)10)14-6(9)7(11)12-3/h2,10H2,1H3,(H2,11,12)(H,13,15). The van der Waals surface area contributed by atoms with Gasteiger partial charge < -0.3 is 16.8 Å². The van der Waals surface area contributed by atoms with E-state index in [1.165, 1.54) is 0 Å². The molecule has 1 amide bonds. The lowest BCUT2D eigenvalue weighted by Gasteiger charge is -2.06. The number of hydrogen-bond acceptors (Lipinski definition) is 5. The molecule has 1 heterocycles. The highest BCUT2D eigenvalue weighted by atomic mass is 35.5. The third kappa shape index (κ3) is 2.57. The van der Waals surface area contributed by atoms with Gasteiger partial charge in [0.2, 0.25) is 0 Å². The van der Waals surface area contributed by atoms with Crippen molar-refractivity contribution >= 4 is 23.3 Å². The highest BCUT2D eigenvalue weighted by Gasteiger charge is 2.14. The van der Waals surface area contributed by atoms with Gasteiger partial charge in [-0.3, -0.25) is 4.79 Å². The lowest BCUT2D eigenvalue weighted by Crippen LogP contribution is -2.28. The van der Waals surface area contributed by atoms with Crippen LogP contribution in [0.5, 0.6) is 0 Å². The van der Waals surface area contributed by atoms with E-state index in [4.69, 9.17) is 23.1 Å². The van der Waals surface area contributed by atoms with E-state index in [0.717, 1.165) is 0 Å². The average molecular weight is 228 g/mol. The van der Waals surface area contributed by atoms with E-state index >= 15 is 0 Å². The van der Waals surface area contributed by atoms with Gasteiger partial charge in [0.25, 0.3) is 5.91 Å². The number of nitrogens with one attached hydrogen (secondary N) is 1. The van der Waals surface area contributed by atoms with E-state index in [2.05, 4.69) is 21.9 Å². The number of halogens is 1. The minimum Gasteiger partial charge on any atom is -0.386 e. The van der Waals surface area contributed by atoms with Gasteiger partial charge >= 0.3 is 0 Å². The van der Waals surface area contributed by atoms with Crippen LogP contribution < -0.4 is 16.8 Å². The zero-order valence-electron chi connectivity index (χ0n) is 8.04. The van der Waals surface area contributed by atoms with Crippen molar-refractivity contribution in [2.45, 2.75) is 6.92 Å². The molecule has 0 spiro atoms. The van der Waals surface area contributed by atoms with Crippen molar-refractivity contribution in [1.82, 2.24) is 15.3 Å². The molecule has 0 radical (unpaired) electrons. The fourth-order valence-electron chi connectivity index (χ4n) is 0.936. The summed E-state index contributed by atoms with van der Waals surface area (Å²) < 4.78 is 0. The number of amides is 1. The maximum atomic E-state index is 11.5. The molecular formula is C8H10ClN5O. The molecule has 0 aliphatic rings. The molecule has 0 aliphatic heterocycles. The third-order valence-electron chi connectivity index (χ3n) is 1.54. The number of nitrogens with zero attached hydrogens (tertiary/aromatic N) is 2. The number of rotatable bonds is 2. The van der Waals surface area contributed by atoms with Crippen LogP contribution in [0, 0.1) is 6.92 Å². The Morgan fingerprint density at radius 2 is 2.13 bits per heavy atom. The number of carbonyl (C=O) groups excluding carboxylic acids is 1. The number of carbonyl (C=O) groups is 1. The van der Waals surface area contributed by atoms with E-state index in [-0.39, 0.29) is 22.5 Å². The zero-order valence-corrected chi connectivity index (χ0v) is 8.80. The topological polar surface area (TPSA) is 107 Å². The summed E-state index contributed by atoms with van der Waals surface area (Å²) in [6, 6.07) is 0. The number of nitrogens with two attached hydrogens (primary N) is 2. The molecule has 0 saturated carbocycles. The molecule has 0 saturated heterocycles. The molecule has 0 atom stereocenters. The van der Waals surface area contributed by atoms with Crippen molar-refractivity contribution in [2.75, 3.05) is 5.73 Å². The quantitative estimate of drug-likeness (QED) is 0.668. The predicted molar refractivity (Wildman–Crippen MR) is 57.0 cm³/mol. The summed E-state index contributed by atoms with van der Waals surface area (Å²) in [5, 5.41) is 2.27. The van der Waals surface area contributed by atoms with Gasteiger partial charge in [-0.15, -0.1) is 0 Å². The van der Waals surface area contributed by atoms with E-state index in [0.29, 0.717) is 5.69 Å². The van der Waals surface area contributed by atoms with Crippen LogP contribution in [0.4, 0.5) is 5.82 Å². The van der Waals surface area contributed by atoms with Crippen molar-refractivity contribution in [3.63, 3.8) is 0 Å². The van der Waals surface area contributed by atoms with Crippen molar-refractivity contribution in [3.8, 4) is 0 Å².